The number of hydrogen-bond donors (Lipinski definition) is 1. The molecule has 0 aliphatic heterocycles. The second-order valence-electron chi connectivity index (χ2n) is 4.49. The zero-order valence-electron chi connectivity index (χ0n) is 11.0. The Hall–Kier alpha value is -1.33. The molecule has 2 heterocycles. The average molecular weight is 266 g/mol. The lowest BCUT2D eigenvalue weighted by atomic mass is 10.2. The summed E-state index contributed by atoms with van der Waals surface area (Å²) in [6, 6.07) is 4.13. The average Bonchev–Trinajstić information content (AvgIpc) is 2.93. The Balaban J connectivity index is 2.45. The topological polar surface area (TPSA) is 47.3 Å². The SMILES string of the molecule is COc1cnn(C(C)C)c1C(O)c1ccc(C)s1. The van der Waals surface area contributed by atoms with Crippen LogP contribution < -0.4 is 4.74 Å². The Labute approximate surface area is 111 Å². The van der Waals surface area contributed by atoms with E-state index in [-0.39, 0.29) is 6.04 Å². The number of ether oxygens (including phenoxy) is 1. The van der Waals surface area contributed by atoms with E-state index >= 15 is 0 Å². The molecule has 18 heavy (non-hydrogen) atoms. The van der Waals surface area contributed by atoms with Crippen molar-refractivity contribution in [2.24, 2.45) is 0 Å². The number of nitrogens with zero attached hydrogens (tertiary/aromatic N) is 2. The Morgan fingerprint density at radius 2 is 2.11 bits per heavy atom. The van der Waals surface area contributed by atoms with E-state index in [4.69, 9.17) is 4.74 Å². The van der Waals surface area contributed by atoms with Crippen LogP contribution in [0.2, 0.25) is 0 Å². The largest absolute Gasteiger partial charge is 0.493 e. The van der Waals surface area contributed by atoms with Crippen LogP contribution in [0.3, 0.4) is 0 Å². The van der Waals surface area contributed by atoms with Crippen molar-refractivity contribution in [2.45, 2.75) is 32.9 Å². The minimum atomic E-state index is -0.691. The molecular weight excluding hydrogens is 248 g/mol. The maximum Gasteiger partial charge on any atom is 0.163 e. The van der Waals surface area contributed by atoms with Crippen molar-refractivity contribution in [3.05, 3.63) is 33.8 Å². The highest BCUT2D eigenvalue weighted by Crippen LogP contribution is 2.34. The molecule has 0 amide bonds. The maximum absolute atomic E-state index is 10.5. The van der Waals surface area contributed by atoms with E-state index in [2.05, 4.69) is 5.10 Å². The molecule has 98 valence electrons. The maximum atomic E-state index is 10.5. The summed E-state index contributed by atoms with van der Waals surface area (Å²) < 4.78 is 7.09. The molecule has 2 rings (SSSR count). The summed E-state index contributed by atoms with van der Waals surface area (Å²) in [5.74, 6) is 0.627. The third-order valence-corrected chi connectivity index (χ3v) is 3.85. The lowest BCUT2D eigenvalue weighted by Crippen LogP contribution is -2.12. The number of rotatable bonds is 4. The Morgan fingerprint density at radius 3 is 2.61 bits per heavy atom. The van der Waals surface area contributed by atoms with Gasteiger partial charge in [-0.2, -0.15) is 5.10 Å². The van der Waals surface area contributed by atoms with Crippen molar-refractivity contribution < 1.29 is 9.84 Å². The van der Waals surface area contributed by atoms with Crippen molar-refractivity contribution in [3.8, 4) is 5.75 Å². The van der Waals surface area contributed by atoms with Gasteiger partial charge in [-0.05, 0) is 32.9 Å². The molecule has 1 unspecified atom stereocenters. The van der Waals surface area contributed by atoms with Crippen LogP contribution >= 0.6 is 11.3 Å². The molecule has 0 saturated carbocycles. The van der Waals surface area contributed by atoms with Crippen LogP contribution in [0.25, 0.3) is 0 Å². The van der Waals surface area contributed by atoms with E-state index in [1.54, 1.807) is 29.3 Å². The first kappa shape index (κ1) is 13.1. The van der Waals surface area contributed by atoms with E-state index in [0.29, 0.717) is 11.4 Å². The number of aryl methyl sites for hydroxylation is 1. The second-order valence-corrected chi connectivity index (χ2v) is 5.81. The summed E-state index contributed by atoms with van der Waals surface area (Å²) in [7, 11) is 1.59. The van der Waals surface area contributed by atoms with Gasteiger partial charge in [0.1, 0.15) is 11.8 Å². The summed E-state index contributed by atoms with van der Waals surface area (Å²) in [5.41, 5.74) is 0.717. The highest BCUT2D eigenvalue weighted by atomic mass is 32.1. The van der Waals surface area contributed by atoms with Gasteiger partial charge >= 0.3 is 0 Å². The second kappa shape index (κ2) is 5.12. The highest BCUT2D eigenvalue weighted by molar-refractivity contribution is 7.12. The van der Waals surface area contributed by atoms with Crippen LogP contribution in [-0.2, 0) is 0 Å². The van der Waals surface area contributed by atoms with Gasteiger partial charge in [-0.1, -0.05) is 0 Å². The van der Waals surface area contributed by atoms with Crippen LogP contribution in [-0.4, -0.2) is 22.0 Å². The third-order valence-electron chi connectivity index (χ3n) is 2.80. The van der Waals surface area contributed by atoms with Gasteiger partial charge < -0.3 is 9.84 Å². The molecule has 2 aromatic rings. The van der Waals surface area contributed by atoms with Gasteiger partial charge in [0.05, 0.1) is 13.3 Å². The van der Waals surface area contributed by atoms with Gasteiger partial charge in [0, 0.05) is 15.8 Å². The Morgan fingerprint density at radius 1 is 1.39 bits per heavy atom. The van der Waals surface area contributed by atoms with Gasteiger partial charge in [0.15, 0.2) is 5.75 Å². The first-order chi connectivity index (χ1) is 8.54. The molecule has 0 aromatic carbocycles. The molecule has 0 bridgehead atoms. The lowest BCUT2D eigenvalue weighted by molar-refractivity contribution is 0.203. The minimum Gasteiger partial charge on any atom is -0.493 e. The zero-order valence-corrected chi connectivity index (χ0v) is 11.9. The molecular formula is C13H18N2O2S. The Bertz CT molecular complexity index is 531. The summed E-state index contributed by atoms with van der Waals surface area (Å²) >= 11 is 1.59. The molecule has 4 nitrogen and oxygen atoms in total. The van der Waals surface area contributed by atoms with Crippen LogP contribution in [0.4, 0.5) is 0 Å². The fourth-order valence-corrected chi connectivity index (χ4v) is 2.79. The molecule has 0 aliphatic rings. The van der Waals surface area contributed by atoms with E-state index in [1.807, 2.05) is 32.9 Å². The van der Waals surface area contributed by atoms with E-state index in [0.717, 1.165) is 4.88 Å². The third kappa shape index (κ3) is 2.28. The molecule has 0 saturated heterocycles. The van der Waals surface area contributed by atoms with Crippen molar-refractivity contribution in [2.75, 3.05) is 7.11 Å². The standard InChI is InChI=1S/C13H18N2O2S/c1-8(2)15-12(10(17-4)7-14-15)13(16)11-6-5-9(3)18-11/h5-8,13,16H,1-4H3. The zero-order chi connectivity index (χ0) is 13.3. The number of aliphatic hydroxyl groups excluding tert-OH is 1. The van der Waals surface area contributed by atoms with Crippen molar-refractivity contribution in [1.82, 2.24) is 9.78 Å². The quantitative estimate of drug-likeness (QED) is 0.925. The van der Waals surface area contributed by atoms with Crippen molar-refractivity contribution >= 4 is 11.3 Å². The van der Waals surface area contributed by atoms with Crippen LogP contribution in [0.1, 0.15) is 41.4 Å². The van der Waals surface area contributed by atoms with E-state index in [1.165, 1.54) is 4.88 Å². The molecule has 0 fully saturated rings. The van der Waals surface area contributed by atoms with Gasteiger partial charge in [-0.15, -0.1) is 11.3 Å². The van der Waals surface area contributed by atoms with Crippen LogP contribution in [0.5, 0.6) is 5.75 Å². The van der Waals surface area contributed by atoms with Gasteiger partial charge in [-0.25, -0.2) is 0 Å². The number of thiophene rings is 1. The minimum absolute atomic E-state index is 0.180. The monoisotopic (exact) mass is 266 g/mol. The molecule has 0 radical (unpaired) electrons. The fourth-order valence-electron chi connectivity index (χ4n) is 1.92. The smallest absolute Gasteiger partial charge is 0.163 e. The predicted molar refractivity (Wildman–Crippen MR) is 72.3 cm³/mol. The number of aromatic nitrogens is 2. The summed E-state index contributed by atoms with van der Waals surface area (Å²) in [6.45, 7) is 6.09. The predicted octanol–water partition coefficient (Wildman–Crippen LogP) is 2.92. The van der Waals surface area contributed by atoms with Crippen LogP contribution in [0, 0.1) is 6.92 Å². The first-order valence-corrected chi connectivity index (χ1v) is 6.72. The van der Waals surface area contributed by atoms with E-state index in [9.17, 15) is 5.11 Å². The highest BCUT2D eigenvalue weighted by Gasteiger charge is 2.23. The van der Waals surface area contributed by atoms with Crippen molar-refractivity contribution in [1.29, 1.82) is 0 Å². The summed E-state index contributed by atoms with van der Waals surface area (Å²) in [5, 5.41) is 14.8. The van der Waals surface area contributed by atoms with Crippen LogP contribution in [0.15, 0.2) is 18.3 Å². The summed E-state index contributed by atoms with van der Waals surface area (Å²) in [6.07, 6.45) is 0.961. The molecule has 0 aliphatic carbocycles. The number of aliphatic hydroxyl groups is 1. The van der Waals surface area contributed by atoms with Gasteiger partial charge in [-0.3, -0.25) is 4.68 Å². The molecule has 5 heteroatoms. The molecule has 2 aromatic heterocycles. The van der Waals surface area contributed by atoms with Gasteiger partial charge in [0.25, 0.3) is 0 Å². The van der Waals surface area contributed by atoms with E-state index < -0.39 is 6.10 Å². The van der Waals surface area contributed by atoms with Gasteiger partial charge in [0.2, 0.25) is 0 Å². The fraction of sp³-hybridized carbons (Fsp3) is 0.462. The number of methoxy groups -OCH3 is 1. The first-order valence-electron chi connectivity index (χ1n) is 5.90. The molecule has 1 N–H and O–H groups in total. The lowest BCUT2D eigenvalue weighted by Gasteiger charge is -2.16. The normalized spacial score (nSPS) is 13.0. The molecule has 1 atom stereocenters. The molecule has 0 spiro atoms. The Kier molecular flexibility index (Phi) is 3.73. The number of hydrogen-bond acceptors (Lipinski definition) is 4. The van der Waals surface area contributed by atoms with Crippen molar-refractivity contribution in [3.63, 3.8) is 0 Å². The summed E-state index contributed by atoms with van der Waals surface area (Å²) in [4.78, 5) is 2.09.